The highest BCUT2D eigenvalue weighted by Crippen LogP contribution is 2.31. The van der Waals surface area contributed by atoms with Crippen LogP contribution in [0.3, 0.4) is 0 Å². The van der Waals surface area contributed by atoms with Crippen molar-refractivity contribution in [2.45, 2.75) is 32.0 Å². The lowest BCUT2D eigenvalue weighted by molar-refractivity contribution is -0.125. The Bertz CT molecular complexity index is 617. The van der Waals surface area contributed by atoms with Crippen LogP contribution in [0.4, 0.5) is 15.8 Å². The van der Waals surface area contributed by atoms with Gasteiger partial charge in [0.15, 0.2) is 0 Å². The average Bonchev–Trinajstić information content (AvgIpc) is 2.85. The lowest BCUT2D eigenvalue weighted by Gasteiger charge is -2.33. The predicted octanol–water partition coefficient (Wildman–Crippen LogP) is 1.79. The van der Waals surface area contributed by atoms with Gasteiger partial charge in [-0.15, -0.1) is 0 Å². The minimum Gasteiger partial charge on any atom is -0.323 e. The van der Waals surface area contributed by atoms with Gasteiger partial charge in [0.1, 0.15) is 12.2 Å². The maximum Gasteiger partial charge on any atom is 0.244 e. The zero-order valence-corrected chi connectivity index (χ0v) is 12.8. The Morgan fingerprint density at radius 2 is 2.14 bits per heavy atom. The van der Waals surface area contributed by atoms with Gasteiger partial charge in [0, 0.05) is 13.1 Å². The van der Waals surface area contributed by atoms with Crippen LogP contribution in [-0.2, 0) is 9.59 Å². The van der Waals surface area contributed by atoms with Gasteiger partial charge in [0.2, 0.25) is 11.8 Å². The van der Waals surface area contributed by atoms with Crippen LogP contribution in [0.5, 0.6) is 0 Å². The van der Waals surface area contributed by atoms with E-state index >= 15 is 0 Å². The normalized spacial score (nSPS) is 26.5. The molecule has 0 aromatic heterocycles. The second-order valence-electron chi connectivity index (χ2n) is 6.30. The molecule has 6 heteroatoms. The first-order valence-electron chi connectivity index (χ1n) is 7.51. The van der Waals surface area contributed by atoms with E-state index < -0.39 is 11.7 Å². The van der Waals surface area contributed by atoms with Crippen LogP contribution in [0.25, 0.3) is 0 Å². The van der Waals surface area contributed by atoms with Gasteiger partial charge in [0.25, 0.3) is 0 Å². The minimum absolute atomic E-state index is 0.000912. The maximum atomic E-state index is 14.0. The molecule has 22 heavy (non-hydrogen) atoms. The third-order valence-electron chi connectivity index (χ3n) is 4.39. The summed E-state index contributed by atoms with van der Waals surface area (Å²) in [6.45, 7) is 4.15. The van der Waals surface area contributed by atoms with E-state index in [0.29, 0.717) is 24.3 Å². The molecule has 1 aromatic carbocycles. The second kappa shape index (κ2) is 5.35. The smallest absolute Gasteiger partial charge is 0.244 e. The number of alkyl halides is 1. The van der Waals surface area contributed by atoms with E-state index in [4.69, 9.17) is 0 Å². The molecule has 2 aliphatic rings. The molecule has 0 saturated carbocycles. The van der Waals surface area contributed by atoms with E-state index in [1.807, 2.05) is 23.1 Å². The Morgan fingerprint density at radius 1 is 1.41 bits per heavy atom. The van der Waals surface area contributed by atoms with Crippen molar-refractivity contribution in [2.75, 3.05) is 29.9 Å². The van der Waals surface area contributed by atoms with Gasteiger partial charge in [-0.2, -0.15) is 0 Å². The molecular weight excluding hydrogens is 285 g/mol. The molecule has 1 N–H and O–H groups in total. The van der Waals surface area contributed by atoms with Gasteiger partial charge in [-0.3, -0.25) is 19.4 Å². The summed E-state index contributed by atoms with van der Waals surface area (Å²) in [5, 5.41) is 2.76. The monoisotopic (exact) mass is 305 g/mol. The quantitative estimate of drug-likeness (QED) is 0.906. The maximum absolute atomic E-state index is 14.0. The number of hydrogen-bond donors (Lipinski definition) is 1. The third kappa shape index (κ3) is 2.70. The number of anilines is 2. The number of likely N-dealkylation sites (tertiary alicyclic amines) is 1. The highest BCUT2D eigenvalue weighted by Gasteiger charge is 2.39. The molecule has 2 amide bonds. The van der Waals surface area contributed by atoms with Crippen LogP contribution in [-0.4, -0.2) is 48.1 Å². The topological polar surface area (TPSA) is 52.7 Å². The minimum atomic E-state index is -1.24. The third-order valence-corrected chi connectivity index (χ3v) is 4.39. The lowest BCUT2D eigenvalue weighted by Crippen LogP contribution is -2.51. The summed E-state index contributed by atoms with van der Waals surface area (Å²) in [5.41, 5.74) is 0.0864. The highest BCUT2D eigenvalue weighted by atomic mass is 19.1. The van der Waals surface area contributed by atoms with Gasteiger partial charge in [-0.25, -0.2) is 4.39 Å². The van der Waals surface area contributed by atoms with Crippen molar-refractivity contribution in [3.05, 3.63) is 24.3 Å². The molecule has 3 rings (SSSR count). The number of halogens is 1. The molecule has 5 nitrogen and oxygen atoms in total. The lowest BCUT2D eigenvalue weighted by atomic mass is 10.1. The van der Waals surface area contributed by atoms with Crippen molar-refractivity contribution in [2.24, 2.45) is 0 Å². The molecule has 2 heterocycles. The molecule has 0 aliphatic carbocycles. The molecular formula is C16H20FN3O2. The van der Waals surface area contributed by atoms with Crippen LogP contribution in [0, 0.1) is 0 Å². The van der Waals surface area contributed by atoms with Gasteiger partial charge >= 0.3 is 0 Å². The Morgan fingerprint density at radius 3 is 2.82 bits per heavy atom. The fourth-order valence-electron chi connectivity index (χ4n) is 3.10. The molecule has 1 fully saturated rings. The number of hydrogen-bond acceptors (Lipinski definition) is 3. The van der Waals surface area contributed by atoms with Crippen molar-refractivity contribution in [1.82, 2.24) is 4.90 Å². The summed E-state index contributed by atoms with van der Waals surface area (Å²) in [4.78, 5) is 27.9. The largest absolute Gasteiger partial charge is 0.323 e. The number of fused-ring (bicyclic) bond motifs is 1. The predicted molar refractivity (Wildman–Crippen MR) is 82.6 cm³/mol. The van der Waals surface area contributed by atoms with Crippen LogP contribution in [0.15, 0.2) is 24.3 Å². The number of rotatable bonds is 2. The van der Waals surface area contributed by atoms with Crippen LogP contribution >= 0.6 is 0 Å². The van der Waals surface area contributed by atoms with Crippen LogP contribution < -0.4 is 10.2 Å². The standard InChI is InChI=1S/C16H20FN3O2/c1-11(19-8-7-16(2,17)10-19)15(22)20-9-14(21)18-12-5-3-4-6-13(12)20/h3-6,11H,7-10H2,1-2H3,(H,18,21). The summed E-state index contributed by atoms with van der Waals surface area (Å²) in [7, 11) is 0. The van der Waals surface area contributed by atoms with Crippen molar-refractivity contribution in [1.29, 1.82) is 0 Å². The zero-order chi connectivity index (χ0) is 15.9. The van der Waals surface area contributed by atoms with E-state index in [1.165, 1.54) is 4.90 Å². The Hall–Kier alpha value is -1.95. The molecule has 1 saturated heterocycles. The van der Waals surface area contributed by atoms with Crippen molar-refractivity contribution in [3.8, 4) is 0 Å². The first kappa shape index (κ1) is 15.0. The molecule has 1 aromatic rings. The van der Waals surface area contributed by atoms with E-state index in [-0.39, 0.29) is 24.9 Å². The Kier molecular flexibility index (Phi) is 3.64. The molecule has 0 radical (unpaired) electrons. The first-order chi connectivity index (χ1) is 10.4. The first-order valence-corrected chi connectivity index (χ1v) is 7.51. The van der Waals surface area contributed by atoms with Crippen LogP contribution in [0.1, 0.15) is 20.3 Å². The molecule has 2 atom stereocenters. The number of carbonyl (C=O) groups is 2. The van der Waals surface area contributed by atoms with Gasteiger partial charge < -0.3 is 5.32 Å². The van der Waals surface area contributed by atoms with E-state index in [2.05, 4.69) is 5.32 Å². The van der Waals surface area contributed by atoms with E-state index in [0.717, 1.165) is 0 Å². The molecule has 0 bridgehead atoms. The fraction of sp³-hybridized carbons (Fsp3) is 0.500. The second-order valence-corrected chi connectivity index (χ2v) is 6.30. The van der Waals surface area contributed by atoms with E-state index in [1.54, 1.807) is 19.9 Å². The number of benzene rings is 1. The highest BCUT2D eigenvalue weighted by molar-refractivity contribution is 6.11. The summed E-state index contributed by atoms with van der Waals surface area (Å²) >= 11 is 0. The van der Waals surface area contributed by atoms with Crippen LogP contribution in [0.2, 0.25) is 0 Å². The number of carbonyl (C=O) groups excluding carboxylic acids is 2. The number of amides is 2. The van der Waals surface area contributed by atoms with E-state index in [9.17, 15) is 14.0 Å². The summed E-state index contributed by atoms with van der Waals surface area (Å²) in [5.74, 6) is -0.379. The number of para-hydroxylation sites is 2. The van der Waals surface area contributed by atoms with Gasteiger partial charge in [0.05, 0.1) is 17.4 Å². The SMILES string of the molecule is CC(C(=O)N1CC(=O)Nc2ccccc21)N1CCC(C)(F)C1. The van der Waals surface area contributed by atoms with Crippen molar-refractivity contribution >= 4 is 23.2 Å². The molecule has 2 unspecified atom stereocenters. The summed E-state index contributed by atoms with van der Waals surface area (Å²) in [6, 6.07) is 6.77. The zero-order valence-electron chi connectivity index (χ0n) is 12.8. The summed E-state index contributed by atoms with van der Waals surface area (Å²) in [6.07, 6.45) is 0.432. The van der Waals surface area contributed by atoms with Gasteiger partial charge in [-0.05, 0) is 32.4 Å². The van der Waals surface area contributed by atoms with Gasteiger partial charge in [-0.1, -0.05) is 12.1 Å². The Labute approximate surface area is 129 Å². The summed E-state index contributed by atoms with van der Waals surface area (Å²) < 4.78 is 14.0. The average molecular weight is 305 g/mol. The Balaban J connectivity index is 1.82. The van der Waals surface area contributed by atoms with Crippen molar-refractivity contribution < 1.29 is 14.0 Å². The fourth-order valence-corrected chi connectivity index (χ4v) is 3.10. The number of nitrogens with one attached hydrogen (secondary N) is 1. The van der Waals surface area contributed by atoms with Crippen molar-refractivity contribution in [3.63, 3.8) is 0 Å². The molecule has 0 spiro atoms. The molecule has 118 valence electrons. The number of nitrogens with zero attached hydrogens (tertiary/aromatic N) is 2. The molecule has 2 aliphatic heterocycles.